The molecule has 0 aliphatic heterocycles. The molecule has 0 bridgehead atoms. The van der Waals surface area contributed by atoms with Crippen LogP contribution in [-0.2, 0) is 4.79 Å². The van der Waals surface area contributed by atoms with E-state index in [9.17, 15) is 9.18 Å². The molecule has 3 aromatic rings. The Balaban J connectivity index is 1.69. The molecule has 140 valence electrons. The summed E-state index contributed by atoms with van der Waals surface area (Å²) in [6, 6.07) is 7.27. The van der Waals surface area contributed by atoms with Crippen LogP contribution in [0.3, 0.4) is 0 Å². The number of nitrogens with zero attached hydrogens (tertiary/aromatic N) is 3. The summed E-state index contributed by atoms with van der Waals surface area (Å²) >= 11 is 0. The molecule has 7 heteroatoms. The first-order valence-corrected chi connectivity index (χ1v) is 8.96. The minimum absolute atomic E-state index is 0.0115. The van der Waals surface area contributed by atoms with Gasteiger partial charge in [-0.25, -0.2) is 9.37 Å². The van der Waals surface area contributed by atoms with Gasteiger partial charge in [-0.1, -0.05) is 0 Å². The SMILES string of the molecule is Cc1ccncc1-c1cc2cc(NC(=O)[C@@H]3CC3CC#N)ncc2c(N)c1F. The molecule has 2 atom stereocenters. The van der Waals surface area contributed by atoms with E-state index in [4.69, 9.17) is 11.0 Å². The van der Waals surface area contributed by atoms with E-state index in [1.54, 1.807) is 30.6 Å². The fourth-order valence-electron chi connectivity index (χ4n) is 3.44. The van der Waals surface area contributed by atoms with Crippen molar-refractivity contribution in [2.75, 3.05) is 11.1 Å². The minimum atomic E-state index is -0.514. The second kappa shape index (κ2) is 6.89. The fourth-order valence-corrected chi connectivity index (χ4v) is 3.44. The smallest absolute Gasteiger partial charge is 0.228 e. The maximum absolute atomic E-state index is 14.9. The van der Waals surface area contributed by atoms with Gasteiger partial charge in [0.1, 0.15) is 5.82 Å². The molecule has 4 rings (SSSR count). The van der Waals surface area contributed by atoms with Crippen LogP contribution in [0.15, 0.2) is 36.8 Å². The van der Waals surface area contributed by atoms with Crippen molar-refractivity contribution >= 4 is 28.2 Å². The molecule has 0 radical (unpaired) electrons. The summed E-state index contributed by atoms with van der Waals surface area (Å²) in [5.74, 6) is -0.315. The summed E-state index contributed by atoms with van der Waals surface area (Å²) < 4.78 is 14.9. The van der Waals surface area contributed by atoms with Crippen molar-refractivity contribution in [3.8, 4) is 17.2 Å². The Morgan fingerprint density at radius 3 is 2.96 bits per heavy atom. The number of anilines is 2. The van der Waals surface area contributed by atoms with Crippen LogP contribution in [0.1, 0.15) is 18.4 Å². The zero-order chi connectivity index (χ0) is 19.8. The molecule has 28 heavy (non-hydrogen) atoms. The molecular formula is C21H18FN5O. The van der Waals surface area contributed by atoms with E-state index in [-0.39, 0.29) is 23.4 Å². The summed E-state index contributed by atoms with van der Waals surface area (Å²) in [4.78, 5) is 20.6. The second-order valence-corrected chi connectivity index (χ2v) is 7.09. The van der Waals surface area contributed by atoms with Gasteiger partial charge in [0.15, 0.2) is 5.82 Å². The van der Waals surface area contributed by atoms with Crippen LogP contribution in [0.5, 0.6) is 0 Å². The number of carbonyl (C=O) groups is 1. The molecule has 2 aromatic heterocycles. The number of benzene rings is 1. The van der Waals surface area contributed by atoms with Crippen LogP contribution in [0.2, 0.25) is 0 Å². The number of hydrogen-bond donors (Lipinski definition) is 2. The summed E-state index contributed by atoms with van der Waals surface area (Å²) in [7, 11) is 0. The van der Waals surface area contributed by atoms with Gasteiger partial charge in [0, 0.05) is 47.4 Å². The molecule has 1 unspecified atom stereocenters. The third-order valence-electron chi connectivity index (χ3n) is 5.19. The standard InChI is InChI=1S/C21H18FN5O/c1-11-3-5-25-9-16(11)15-7-13-8-18(26-10-17(13)20(24)19(15)22)27-21(28)14-6-12(14)2-4-23/h3,5,7-10,12,14H,2,6,24H2,1H3,(H,26,27,28)/t12?,14-/m1/s1. The lowest BCUT2D eigenvalue weighted by atomic mass is 9.98. The molecule has 1 amide bonds. The number of fused-ring (bicyclic) bond motifs is 1. The average Bonchev–Trinajstić information content (AvgIpc) is 3.45. The number of nitriles is 1. The molecular weight excluding hydrogens is 357 g/mol. The van der Waals surface area contributed by atoms with Crippen molar-refractivity contribution in [2.45, 2.75) is 19.8 Å². The predicted octanol–water partition coefficient (Wildman–Crippen LogP) is 3.81. The van der Waals surface area contributed by atoms with E-state index in [0.29, 0.717) is 34.1 Å². The van der Waals surface area contributed by atoms with Crippen molar-refractivity contribution in [1.29, 1.82) is 5.26 Å². The Morgan fingerprint density at radius 1 is 1.39 bits per heavy atom. The zero-order valence-corrected chi connectivity index (χ0v) is 15.2. The first kappa shape index (κ1) is 17.9. The Hall–Kier alpha value is -3.53. The highest BCUT2D eigenvalue weighted by Gasteiger charge is 2.42. The summed E-state index contributed by atoms with van der Waals surface area (Å²) in [5, 5.41) is 12.7. The quantitative estimate of drug-likeness (QED) is 0.675. The van der Waals surface area contributed by atoms with E-state index >= 15 is 0 Å². The number of hydrogen-bond acceptors (Lipinski definition) is 5. The van der Waals surface area contributed by atoms with Crippen molar-refractivity contribution < 1.29 is 9.18 Å². The monoisotopic (exact) mass is 375 g/mol. The van der Waals surface area contributed by atoms with Gasteiger partial charge >= 0.3 is 0 Å². The van der Waals surface area contributed by atoms with Crippen molar-refractivity contribution in [3.63, 3.8) is 0 Å². The van der Waals surface area contributed by atoms with E-state index in [1.165, 1.54) is 6.20 Å². The van der Waals surface area contributed by atoms with Gasteiger partial charge in [0.2, 0.25) is 5.91 Å². The Labute approximate surface area is 161 Å². The van der Waals surface area contributed by atoms with E-state index < -0.39 is 5.82 Å². The molecule has 1 saturated carbocycles. The number of aromatic nitrogens is 2. The lowest BCUT2D eigenvalue weighted by Gasteiger charge is -2.12. The van der Waals surface area contributed by atoms with Gasteiger partial charge < -0.3 is 11.1 Å². The lowest BCUT2D eigenvalue weighted by molar-refractivity contribution is -0.117. The summed E-state index contributed by atoms with van der Waals surface area (Å²) in [5.41, 5.74) is 7.92. The third kappa shape index (κ3) is 3.14. The molecule has 0 spiro atoms. The number of halogens is 1. The van der Waals surface area contributed by atoms with Gasteiger partial charge in [0.05, 0.1) is 11.8 Å². The van der Waals surface area contributed by atoms with E-state index in [1.807, 2.05) is 6.92 Å². The number of nitrogens with one attached hydrogen (secondary N) is 1. The Kier molecular flexibility index (Phi) is 4.40. The topological polar surface area (TPSA) is 105 Å². The molecule has 3 N–H and O–H groups in total. The first-order valence-electron chi connectivity index (χ1n) is 8.96. The highest BCUT2D eigenvalue weighted by molar-refractivity contribution is 6.00. The van der Waals surface area contributed by atoms with Crippen molar-refractivity contribution in [1.82, 2.24) is 9.97 Å². The molecule has 6 nitrogen and oxygen atoms in total. The predicted molar refractivity (Wildman–Crippen MR) is 105 cm³/mol. The average molecular weight is 375 g/mol. The molecule has 0 saturated heterocycles. The number of nitrogens with two attached hydrogens (primary N) is 1. The van der Waals surface area contributed by atoms with Crippen LogP contribution < -0.4 is 11.1 Å². The number of carbonyl (C=O) groups excluding carboxylic acids is 1. The molecule has 1 aliphatic rings. The van der Waals surface area contributed by atoms with Gasteiger partial charge in [-0.05, 0) is 48.4 Å². The van der Waals surface area contributed by atoms with Crippen LogP contribution in [0, 0.1) is 35.9 Å². The third-order valence-corrected chi connectivity index (χ3v) is 5.19. The number of aryl methyl sites for hydroxylation is 1. The molecule has 2 heterocycles. The zero-order valence-electron chi connectivity index (χ0n) is 15.2. The van der Waals surface area contributed by atoms with Gasteiger partial charge in [-0.2, -0.15) is 5.26 Å². The minimum Gasteiger partial charge on any atom is -0.396 e. The van der Waals surface area contributed by atoms with Gasteiger partial charge in [-0.15, -0.1) is 0 Å². The van der Waals surface area contributed by atoms with Crippen LogP contribution in [0.4, 0.5) is 15.9 Å². The van der Waals surface area contributed by atoms with E-state index in [2.05, 4.69) is 21.4 Å². The normalized spacial score (nSPS) is 17.9. The molecule has 1 fully saturated rings. The molecule has 1 aliphatic carbocycles. The van der Waals surface area contributed by atoms with Gasteiger partial charge in [-0.3, -0.25) is 9.78 Å². The number of pyridine rings is 2. The van der Waals surface area contributed by atoms with Crippen molar-refractivity contribution in [2.24, 2.45) is 11.8 Å². The number of amides is 1. The highest BCUT2D eigenvalue weighted by Crippen LogP contribution is 2.42. The van der Waals surface area contributed by atoms with Gasteiger partial charge in [0.25, 0.3) is 0 Å². The fraction of sp³-hybridized carbons (Fsp3) is 0.238. The maximum atomic E-state index is 14.9. The number of nitrogen functional groups attached to an aromatic ring is 1. The highest BCUT2D eigenvalue weighted by atomic mass is 19.1. The van der Waals surface area contributed by atoms with Crippen LogP contribution in [0.25, 0.3) is 21.9 Å². The summed E-state index contributed by atoms with van der Waals surface area (Å²) in [6.07, 6.45) is 5.81. The first-order chi connectivity index (χ1) is 13.5. The van der Waals surface area contributed by atoms with Crippen LogP contribution >= 0.6 is 0 Å². The number of rotatable bonds is 4. The Bertz CT molecular complexity index is 1140. The molecule has 1 aromatic carbocycles. The Morgan fingerprint density at radius 2 is 2.21 bits per heavy atom. The van der Waals surface area contributed by atoms with Crippen molar-refractivity contribution in [3.05, 3.63) is 48.2 Å². The second-order valence-electron chi connectivity index (χ2n) is 7.09. The lowest BCUT2D eigenvalue weighted by Crippen LogP contribution is -2.15. The summed E-state index contributed by atoms with van der Waals surface area (Å²) in [6.45, 7) is 1.88. The largest absolute Gasteiger partial charge is 0.396 e. The van der Waals surface area contributed by atoms with E-state index in [0.717, 1.165) is 12.0 Å². The van der Waals surface area contributed by atoms with Crippen LogP contribution in [-0.4, -0.2) is 15.9 Å². The maximum Gasteiger partial charge on any atom is 0.228 e.